The molecule has 1 aromatic rings. The van der Waals surface area contributed by atoms with Gasteiger partial charge >= 0.3 is 13.7 Å². The number of hydrogen-bond acceptors (Lipinski definition) is 7. The van der Waals surface area contributed by atoms with E-state index in [-0.39, 0.29) is 43.3 Å². The summed E-state index contributed by atoms with van der Waals surface area (Å²) in [7, 11) is -2.08. The number of allylic oxidation sites excluding steroid dienone is 2. The molecule has 1 heterocycles. The molecule has 3 atom stereocenters. The zero-order valence-electron chi connectivity index (χ0n) is 25.0. The van der Waals surface area contributed by atoms with Crippen LogP contribution in [0.15, 0.2) is 47.5 Å². The number of nitrogens with one attached hydrogen (secondary N) is 2. The van der Waals surface area contributed by atoms with Crippen molar-refractivity contribution in [1.82, 2.24) is 10.6 Å². The molecule has 0 aromatic heterocycles. The molecule has 0 radical (unpaired) electrons. The number of carbonyl (C=O) groups is 3. The number of cyclic esters (lactones) is 1. The standard InChI is InChI=1S/C30H46N3O7P/c1-6-38-41(37,39-7-2)21-25-20-24(28(34)31-5)16-12-9-13-17-26(19-23-14-10-8-11-15-23)40-30(36)33-27(18-22(3)4)29(35)32-25/h8-12,14-15,22,24,26-27H,6-7,13,16-21H2,1-5H3,(H,31,34)(H,33,36)/b12-9+,32-25?/t24?,26?,27-/m0/s1. The first-order chi connectivity index (χ1) is 19.6. The van der Waals surface area contributed by atoms with Crippen molar-refractivity contribution in [2.24, 2.45) is 16.8 Å². The van der Waals surface area contributed by atoms with E-state index >= 15 is 0 Å². The van der Waals surface area contributed by atoms with Crippen LogP contribution in [0.3, 0.4) is 0 Å². The zero-order valence-corrected chi connectivity index (χ0v) is 25.9. The number of carbonyl (C=O) groups excluding carboxylic acids is 3. The molecule has 0 saturated carbocycles. The SMILES string of the molecule is CCOP(=O)(CC1=NC(=O)[C@H](CC(C)C)NC(=O)OC(Cc2ccccc2)CC/C=C/CC(C(=O)NC)C1)OCC. The van der Waals surface area contributed by atoms with E-state index in [9.17, 15) is 18.9 Å². The van der Waals surface area contributed by atoms with Gasteiger partial charge in [-0.2, -0.15) is 0 Å². The predicted molar refractivity (Wildman–Crippen MR) is 160 cm³/mol. The summed E-state index contributed by atoms with van der Waals surface area (Å²) in [5.74, 6) is -1.32. The Hall–Kier alpha value is -2.81. The minimum Gasteiger partial charge on any atom is -0.446 e. The highest BCUT2D eigenvalue weighted by Gasteiger charge is 2.31. The van der Waals surface area contributed by atoms with Crippen molar-refractivity contribution in [3.63, 3.8) is 0 Å². The molecule has 2 unspecified atom stereocenters. The summed E-state index contributed by atoms with van der Waals surface area (Å²) >= 11 is 0. The van der Waals surface area contributed by atoms with E-state index in [1.807, 2.05) is 56.3 Å². The fourth-order valence-electron chi connectivity index (χ4n) is 4.66. The Balaban J connectivity index is 2.47. The van der Waals surface area contributed by atoms with Gasteiger partial charge in [-0.15, -0.1) is 0 Å². The molecule has 41 heavy (non-hydrogen) atoms. The number of aliphatic imine (C=N–C) groups is 1. The van der Waals surface area contributed by atoms with Gasteiger partial charge in [0.25, 0.3) is 5.91 Å². The van der Waals surface area contributed by atoms with Crippen LogP contribution in [-0.2, 0) is 34.4 Å². The minimum atomic E-state index is -3.63. The lowest BCUT2D eigenvalue weighted by Crippen LogP contribution is -2.43. The fraction of sp³-hybridized carbons (Fsp3) is 0.600. The van der Waals surface area contributed by atoms with Crippen molar-refractivity contribution in [3.8, 4) is 0 Å². The normalized spacial score (nSPS) is 22.1. The third-order valence-corrected chi connectivity index (χ3v) is 8.57. The number of alkyl carbamates (subject to hydrolysis) is 1. The second-order valence-corrected chi connectivity index (χ2v) is 12.5. The highest BCUT2D eigenvalue weighted by molar-refractivity contribution is 7.54. The number of rotatable bonds is 11. The first kappa shape index (κ1) is 34.4. The topological polar surface area (TPSA) is 132 Å². The smallest absolute Gasteiger partial charge is 0.408 e. The van der Waals surface area contributed by atoms with Crippen molar-refractivity contribution < 1.29 is 32.7 Å². The van der Waals surface area contributed by atoms with Gasteiger partial charge in [-0.1, -0.05) is 56.3 Å². The van der Waals surface area contributed by atoms with E-state index in [2.05, 4.69) is 15.6 Å². The Kier molecular flexibility index (Phi) is 15.0. The van der Waals surface area contributed by atoms with E-state index in [4.69, 9.17) is 13.8 Å². The van der Waals surface area contributed by atoms with Gasteiger partial charge < -0.3 is 24.4 Å². The molecule has 0 fully saturated rings. The van der Waals surface area contributed by atoms with Crippen LogP contribution < -0.4 is 10.6 Å². The van der Waals surface area contributed by atoms with Crippen LogP contribution >= 0.6 is 7.60 Å². The summed E-state index contributed by atoms with van der Waals surface area (Å²) in [5.41, 5.74) is 1.26. The maximum Gasteiger partial charge on any atom is 0.408 e. The zero-order chi connectivity index (χ0) is 30.3. The molecule has 2 rings (SSSR count). The van der Waals surface area contributed by atoms with Crippen molar-refractivity contribution in [1.29, 1.82) is 0 Å². The van der Waals surface area contributed by atoms with Gasteiger partial charge in [-0.05, 0) is 57.4 Å². The summed E-state index contributed by atoms with van der Waals surface area (Å²) in [6, 6.07) is 8.79. The Morgan fingerprint density at radius 3 is 2.44 bits per heavy atom. The Morgan fingerprint density at radius 2 is 1.83 bits per heavy atom. The third-order valence-electron chi connectivity index (χ3n) is 6.52. The van der Waals surface area contributed by atoms with Crippen LogP contribution in [0, 0.1) is 11.8 Å². The molecule has 1 aliphatic heterocycles. The second-order valence-electron chi connectivity index (χ2n) is 10.5. The molecule has 10 nitrogen and oxygen atoms in total. The number of nitrogens with zero attached hydrogens (tertiary/aromatic N) is 1. The van der Waals surface area contributed by atoms with Gasteiger partial charge in [0.2, 0.25) is 5.91 Å². The number of benzene rings is 1. The van der Waals surface area contributed by atoms with Gasteiger partial charge in [-0.25, -0.2) is 9.79 Å². The summed E-state index contributed by atoms with van der Waals surface area (Å²) in [6.45, 7) is 7.56. The molecule has 0 saturated heterocycles. The maximum absolute atomic E-state index is 13.5. The highest BCUT2D eigenvalue weighted by Crippen LogP contribution is 2.48. The number of hydrogen-bond donors (Lipinski definition) is 2. The molecule has 1 aromatic carbocycles. The Morgan fingerprint density at radius 1 is 1.15 bits per heavy atom. The quantitative estimate of drug-likeness (QED) is 0.258. The summed E-state index contributed by atoms with van der Waals surface area (Å²) in [6.07, 6.45) is 5.03. The Labute approximate surface area is 244 Å². The summed E-state index contributed by atoms with van der Waals surface area (Å²) in [4.78, 5) is 43.7. The highest BCUT2D eigenvalue weighted by atomic mass is 31.2. The lowest BCUT2D eigenvalue weighted by molar-refractivity contribution is -0.124. The van der Waals surface area contributed by atoms with Crippen molar-refractivity contribution >= 4 is 31.2 Å². The van der Waals surface area contributed by atoms with Crippen molar-refractivity contribution in [2.75, 3.05) is 26.4 Å². The van der Waals surface area contributed by atoms with Crippen LogP contribution in [-0.4, -0.2) is 62.2 Å². The maximum atomic E-state index is 13.5. The molecule has 228 valence electrons. The first-order valence-electron chi connectivity index (χ1n) is 14.4. The summed E-state index contributed by atoms with van der Waals surface area (Å²) < 4.78 is 30.1. The van der Waals surface area contributed by atoms with Gasteiger partial charge in [-0.3, -0.25) is 14.2 Å². The third kappa shape index (κ3) is 12.7. The number of amides is 3. The van der Waals surface area contributed by atoms with E-state index in [0.717, 1.165) is 5.56 Å². The van der Waals surface area contributed by atoms with Gasteiger partial charge in [0, 0.05) is 25.1 Å². The van der Waals surface area contributed by atoms with Gasteiger partial charge in [0.1, 0.15) is 12.1 Å². The van der Waals surface area contributed by atoms with Crippen molar-refractivity contribution in [2.45, 2.75) is 78.4 Å². The van der Waals surface area contributed by atoms with Gasteiger partial charge in [0.15, 0.2) is 0 Å². The average Bonchev–Trinajstić information content (AvgIpc) is 2.91. The van der Waals surface area contributed by atoms with Crippen molar-refractivity contribution in [3.05, 3.63) is 48.0 Å². The summed E-state index contributed by atoms with van der Waals surface area (Å²) in [5, 5.41) is 5.39. The van der Waals surface area contributed by atoms with Crippen LogP contribution in [0.1, 0.15) is 65.4 Å². The van der Waals surface area contributed by atoms with E-state index in [1.165, 1.54) is 0 Å². The molecule has 2 N–H and O–H groups in total. The fourth-order valence-corrected chi connectivity index (χ4v) is 6.35. The minimum absolute atomic E-state index is 0.0610. The van der Waals surface area contributed by atoms with E-state index in [0.29, 0.717) is 32.1 Å². The lowest BCUT2D eigenvalue weighted by Gasteiger charge is -2.23. The van der Waals surface area contributed by atoms with Crippen LogP contribution in [0.4, 0.5) is 4.79 Å². The van der Waals surface area contributed by atoms with Crippen LogP contribution in [0.2, 0.25) is 0 Å². The first-order valence-corrected chi connectivity index (χ1v) is 16.2. The molecule has 11 heteroatoms. The lowest BCUT2D eigenvalue weighted by atomic mass is 9.96. The number of ether oxygens (including phenoxy) is 1. The van der Waals surface area contributed by atoms with E-state index in [1.54, 1.807) is 20.9 Å². The Bertz CT molecular complexity index is 1080. The molecular weight excluding hydrogens is 545 g/mol. The molecule has 0 bridgehead atoms. The molecule has 0 spiro atoms. The van der Waals surface area contributed by atoms with E-state index < -0.39 is 37.7 Å². The molecular formula is C30H46N3O7P. The second kappa shape index (κ2) is 17.9. The van der Waals surface area contributed by atoms with Crippen LogP contribution in [0.5, 0.6) is 0 Å². The average molecular weight is 592 g/mol. The van der Waals surface area contributed by atoms with Crippen LogP contribution in [0.25, 0.3) is 0 Å². The monoisotopic (exact) mass is 591 g/mol. The van der Waals surface area contributed by atoms with Gasteiger partial charge in [0.05, 0.1) is 19.4 Å². The molecule has 0 aliphatic carbocycles. The largest absolute Gasteiger partial charge is 0.446 e. The predicted octanol–water partition coefficient (Wildman–Crippen LogP) is 5.46. The molecule has 1 aliphatic rings. The molecule has 3 amide bonds.